The number of hydrogen-bond acceptors (Lipinski definition) is 3. The maximum absolute atomic E-state index is 4.46. The minimum atomic E-state index is 0.0215. The number of aromatic nitrogens is 1. The molecule has 0 aliphatic heterocycles. The minimum absolute atomic E-state index is 0.0215. The molecule has 0 saturated carbocycles. The first-order valence-electron chi connectivity index (χ1n) is 4.24. The van der Waals surface area contributed by atoms with Gasteiger partial charge in [-0.3, -0.25) is 0 Å². The molecule has 0 bridgehead atoms. The summed E-state index contributed by atoms with van der Waals surface area (Å²) in [6, 6.07) is 0. The van der Waals surface area contributed by atoms with Crippen molar-refractivity contribution in [1.82, 2.24) is 10.3 Å². The number of rotatable bonds is 3. The molecular formula is C9H16N2S. The van der Waals surface area contributed by atoms with Gasteiger partial charge in [-0.25, -0.2) is 4.98 Å². The summed E-state index contributed by atoms with van der Waals surface area (Å²) in [4.78, 5) is 4.46. The van der Waals surface area contributed by atoms with Crippen LogP contribution >= 0.6 is 11.3 Å². The lowest BCUT2D eigenvalue weighted by Crippen LogP contribution is -2.36. The molecule has 68 valence electrons. The second-order valence-electron chi connectivity index (χ2n) is 3.45. The number of nitrogens with zero attached hydrogens (tertiary/aromatic N) is 1. The highest BCUT2D eigenvalue weighted by Crippen LogP contribution is 2.23. The average molecular weight is 184 g/mol. The van der Waals surface area contributed by atoms with Crippen LogP contribution in [0.25, 0.3) is 0 Å². The van der Waals surface area contributed by atoms with Gasteiger partial charge >= 0.3 is 0 Å². The molecule has 0 amide bonds. The Morgan fingerprint density at radius 3 is 2.67 bits per heavy atom. The fraction of sp³-hybridized carbons (Fsp3) is 0.667. The molecule has 0 aliphatic rings. The second kappa shape index (κ2) is 3.54. The first kappa shape index (κ1) is 9.68. The van der Waals surface area contributed by atoms with Crippen LogP contribution in [0.4, 0.5) is 0 Å². The Morgan fingerprint density at radius 2 is 2.25 bits per heavy atom. The first-order chi connectivity index (χ1) is 5.56. The SMILES string of the molecule is CCNC(C)(C)c1nc(C)cs1. The number of aryl methyl sites for hydroxylation is 1. The van der Waals surface area contributed by atoms with Crippen LogP contribution in [0.1, 0.15) is 31.5 Å². The highest BCUT2D eigenvalue weighted by molar-refractivity contribution is 7.09. The van der Waals surface area contributed by atoms with Crippen molar-refractivity contribution in [1.29, 1.82) is 0 Å². The molecule has 0 atom stereocenters. The lowest BCUT2D eigenvalue weighted by molar-refractivity contribution is 0.413. The summed E-state index contributed by atoms with van der Waals surface area (Å²) in [7, 11) is 0. The lowest BCUT2D eigenvalue weighted by atomic mass is 10.1. The van der Waals surface area contributed by atoms with Crippen molar-refractivity contribution in [3.8, 4) is 0 Å². The first-order valence-corrected chi connectivity index (χ1v) is 5.12. The van der Waals surface area contributed by atoms with Gasteiger partial charge < -0.3 is 5.32 Å². The zero-order valence-corrected chi connectivity index (χ0v) is 8.96. The van der Waals surface area contributed by atoms with E-state index in [0.717, 1.165) is 12.2 Å². The molecule has 1 aromatic heterocycles. The molecular weight excluding hydrogens is 168 g/mol. The van der Waals surface area contributed by atoms with Gasteiger partial charge in [-0.15, -0.1) is 11.3 Å². The molecule has 1 aromatic rings. The van der Waals surface area contributed by atoms with E-state index in [1.807, 2.05) is 6.92 Å². The lowest BCUT2D eigenvalue weighted by Gasteiger charge is -2.22. The summed E-state index contributed by atoms with van der Waals surface area (Å²) in [5.41, 5.74) is 1.13. The van der Waals surface area contributed by atoms with E-state index in [9.17, 15) is 0 Å². The normalized spacial score (nSPS) is 12.0. The van der Waals surface area contributed by atoms with Gasteiger partial charge in [-0.1, -0.05) is 6.92 Å². The van der Waals surface area contributed by atoms with Gasteiger partial charge in [0.05, 0.1) is 5.54 Å². The molecule has 3 heteroatoms. The molecule has 0 unspecified atom stereocenters. The van der Waals surface area contributed by atoms with Crippen LogP contribution in [-0.4, -0.2) is 11.5 Å². The van der Waals surface area contributed by atoms with E-state index in [0.29, 0.717) is 0 Å². The molecule has 1 N–H and O–H groups in total. The molecule has 12 heavy (non-hydrogen) atoms. The quantitative estimate of drug-likeness (QED) is 0.779. The number of thiazole rings is 1. The maximum atomic E-state index is 4.46. The summed E-state index contributed by atoms with van der Waals surface area (Å²) >= 11 is 1.72. The monoisotopic (exact) mass is 184 g/mol. The molecule has 1 heterocycles. The summed E-state index contributed by atoms with van der Waals surface area (Å²) in [5.74, 6) is 0. The highest BCUT2D eigenvalue weighted by Gasteiger charge is 2.21. The smallest absolute Gasteiger partial charge is 0.112 e. The summed E-state index contributed by atoms with van der Waals surface area (Å²) < 4.78 is 0. The van der Waals surface area contributed by atoms with Crippen LogP contribution in [0.5, 0.6) is 0 Å². The standard InChI is InChI=1S/C9H16N2S/c1-5-10-9(3,4)8-11-7(2)6-12-8/h6,10H,5H2,1-4H3. The summed E-state index contributed by atoms with van der Waals surface area (Å²) in [6.07, 6.45) is 0. The van der Waals surface area contributed by atoms with Crippen LogP contribution in [0.3, 0.4) is 0 Å². The maximum Gasteiger partial charge on any atom is 0.112 e. The van der Waals surface area contributed by atoms with E-state index < -0.39 is 0 Å². The predicted octanol–water partition coefficient (Wildman–Crippen LogP) is 2.30. The van der Waals surface area contributed by atoms with Crippen molar-refractivity contribution in [2.75, 3.05) is 6.54 Å². The average Bonchev–Trinajstić information content (AvgIpc) is 2.36. The Kier molecular flexibility index (Phi) is 2.85. The van der Waals surface area contributed by atoms with Gasteiger partial charge in [0.15, 0.2) is 0 Å². The minimum Gasteiger partial charge on any atom is -0.306 e. The van der Waals surface area contributed by atoms with E-state index in [1.165, 1.54) is 5.01 Å². The second-order valence-corrected chi connectivity index (χ2v) is 4.31. The molecule has 0 aliphatic carbocycles. The molecule has 0 aromatic carbocycles. The third kappa shape index (κ3) is 2.05. The zero-order chi connectivity index (χ0) is 9.19. The third-order valence-corrected chi connectivity index (χ3v) is 3.06. The Bertz CT molecular complexity index is 253. The third-order valence-electron chi connectivity index (χ3n) is 1.77. The molecule has 0 radical (unpaired) electrons. The fourth-order valence-electron chi connectivity index (χ4n) is 1.16. The molecule has 0 saturated heterocycles. The van der Waals surface area contributed by atoms with Crippen molar-refractivity contribution < 1.29 is 0 Å². The van der Waals surface area contributed by atoms with Gasteiger partial charge in [0, 0.05) is 11.1 Å². The fourth-order valence-corrected chi connectivity index (χ4v) is 2.06. The van der Waals surface area contributed by atoms with Crippen molar-refractivity contribution in [2.45, 2.75) is 33.2 Å². The highest BCUT2D eigenvalue weighted by atomic mass is 32.1. The van der Waals surface area contributed by atoms with Crippen molar-refractivity contribution in [2.24, 2.45) is 0 Å². The summed E-state index contributed by atoms with van der Waals surface area (Å²) in [5, 5.41) is 6.66. The Balaban J connectivity index is 2.81. The van der Waals surface area contributed by atoms with Gasteiger partial charge in [0.2, 0.25) is 0 Å². The Labute approximate surface area is 78.0 Å². The van der Waals surface area contributed by atoms with Gasteiger partial charge in [0.25, 0.3) is 0 Å². The molecule has 0 fully saturated rings. The van der Waals surface area contributed by atoms with Crippen molar-refractivity contribution in [3.63, 3.8) is 0 Å². The van der Waals surface area contributed by atoms with Gasteiger partial charge in [-0.2, -0.15) is 0 Å². The van der Waals surface area contributed by atoms with Crippen LogP contribution in [-0.2, 0) is 5.54 Å². The van der Waals surface area contributed by atoms with Crippen molar-refractivity contribution in [3.05, 3.63) is 16.1 Å². The van der Waals surface area contributed by atoms with E-state index in [1.54, 1.807) is 11.3 Å². The molecule has 0 spiro atoms. The Morgan fingerprint density at radius 1 is 1.58 bits per heavy atom. The van der Waals surface area contributed by atoms with E-state index in [4.69, 9.17) is 0 Å². The van der Waals surface area contributed by atoms with E-state index >= 15 is 0 Å². The Hall–Kier alpha value is -0.410. The van der Waals surface area contributed by atoms with Crippen LogP contribution in [0, 0.1) is 6.92 Å². The van der Waals surface area contributed by atoms with Gasteiger partial charge in [-0.05, 0) is 27.3 Å². The molecule has 1 rings (SSSR count). The van der Waals surface area contributed by atoms with Gasteiger partial charge in [0.1, 0.15) is 5.01 Å². The van der Waals surface area contributed by atoms with Crippen LogP contribution in [0.2, 0.25) is 0 Å². The summed E-state index contributed by atoms with van der Waals surface area (Å²) in [6.45, 7) is 9.44. The number of hydrogen-bond donors (Lipinski definition) is 1. The predicted molar refractivity (Wildman–Crippen MR) is 53.6 cm³/mol. The zero-order valence-electron chi connectivity index (χ0n) is 8.14. The van der Waals surface area contributed by atoms with Crippen LogP contribution < -0.4 is 5.32 Å². The topological polar surface area (TPSA) is 24.9 Å². The largest absolute Gasteiger partial charge is 0.306 e. The van der Waals surface area contributed by atoms with E-state index in [-0.39, 0.29) is 5.54 Å². The van der Waals surface area contributed by atoms with Crippen LogP contribution in [0.15, 0.2) is 5.38 Å². The number of nitrogens with one attached hydrogen (secondary N) is 1. The molecule has 2 nitrogen and oxygen atoms in total. The van der Waals surface area contributed by atoms with E-state index in [2.05, 4.69) is 36.5 Å². The van der Waals surface area contributed by atoms with Crippen molar-refractivity contribution >= 4 is 11.3 Å².